The Morgan fingerprint density at radius 2 is 1.76 bits per heavy atom. The third-order valence-electron chi connectivity index (χ3n) is 9.27. The molecule has 0 radical (unpaired) electrons. The highest BCUT2D eigenvalue weighted by atomic mass is 16.4. The summed E-state index contributed by atoms with van der Waals surface area (Å²) in [6.45, 7) is 2.82. The number of benzene rings is 1. The summed E-state index contributed by atoms with van der Waals surface area (Å²) in [7, 11) is 2.96. The van der Waals surface area contributed by atoms with Crippen molar-refractivity contribution in [2.24, 2.45) is 17.6 Å². The lowest BCUT2D eigenvalue weighted by Crippen LogP contribution is -2.68. The Morgan fingerprint density at radius 3 is 2.36 bits per heavy atom. The van der Waals surface area contributed by atoms with E-state index in [1.165, 1.54) is 25.1 Å². The van der Waals surface area contributed by atoms with E-state index in [1.807, 2.05) is 0 Å². The summed E-state index contributed by atoms with van der Waals surface area (Å²) < 4.78 is 0. The number of nitrogens with one attached hydrogen (secondary N) is 1. The fourth-order valence-corrected chi connectivity index (χ4v) is 7.19. The smallest absolute Gasteiger partial charge is 0.255 e. The Hall–Kier alpha value is -3.94. The Bertz CT molecular complexity index is 1440. The molecule has 6 atom stereocenters. The van der Waals surface area contributed by atoms with Gasteiger partial charge in [-0.05, 0) is 50.9 Å². The number of likely N-dealkylation sites (N-methyl/N-ethyl adjacent to an activating group) is 1. The first-order valence-corrected chi connectivity index (χ1v) is 13.9. The van der Waals surface area contributed by atoms with Crippen LogP contribution in [0, 0.1) is 11.8 Å². The zero-order valence-corrected chi connectivity index (χ0v) is 23.6. The van der Waals surface area contributed by atoms with E-state index in [4.69, 9.17) is 5.73 Å². The number of hydrogen-bond acceptors (Lipinski definition) is 11. The van der Waals surface area contributed by atoms with Crippen molar-refractivity contribution in [3.8, 4) is 5.75 Å². The first-order valence-electron chi connectivity index (χ1n) is 13.9. The number of rotatable bonds is 5. The first-order chi connectivity index (χ1) is 19.7. The molecule has 13 heteroatoms. The Balaban J connectivity index is 1.59. The minimum Gasteiger partial charge on any atom is -0.510 e. The average Bonchev–Trinajstić information content (AvgIpc) is 2.94. The van der Waals surface area contributed by atoms with Gasteiger partial charge >= 0.3 is 0 Å². The lowest BCUT2D eigenvalue weighted by Gasteiger charge is -2.53. The molecule has 42 heavy (non-hydrogen) atoms. The van der Waals surface area contributed by atoms with Crippen LogP contribution in [-0.2, 0) is 14.4 Å². The van der Waals surface area contributed by atoms with E-state index in [2.05, 4.69) is 5.32 Å². The van der Waals surface area contributed by atoms with E-state index in [9.17, 15) is 44.7 Å². The third-order valence-corrected chi connectivity index (χ3v) is 9.27. The van der Waals surface area contributed by atoms with Crippen LogP contribution in [0.1, 0.15) is 48.0 Å². The van der Waals surface area contributed by atoms with Crippen LogP contribution in [-0.4, -0.2) is 110 Å². The number of carbonyl (C=O) groups is 4. The standard InChI is InChI=1S/C29H36N4O9/c1-12-13-7-8-14(31-11-15(34)33-9-5-4-6-10-33)22(35)17(13)23(36)18-16(12)24(37)20-21(32(2)3)25(38)19(28(30)41)27(40)29(20,42)26(18)39/h7-8,12,16,20-21,24,31,35,37-39,42H,4-6,9-11H2,1-3H3,(H2,30,41)/t12-,16+,20+,21+,24-,29-/m1/s1. The fraction of sp³-hybridized carbons (Fsp3) is 0.517. The molecule has 2 amide bonds. The van der Waals surface area contributed by atoms with Gasteiger partial charge in [0, 0.05) is 24.6 Å². The molecule has 226 valence electrons. The van der Waals surface area contributed by atoms with Crippen molar-refractivity contribution in [1.82, 2.24) is 9.80 Å². The predicted octanol–water partition coefficient (Wildman–Crippen LogP) is 0.0768. The van der Waals surface area contributed by atoms with Gasteiger partial charge in [-0.2, -0.15) is 0 Å². The number of fused-ring (bicyclic) bond motifs is 3. The van der Waals surface area contributed by atoms with Crippen LogP contribution in [0.5, 0.6) is 5.75 Å². The highest BCUT2D eigenvalue weighted by Crippen LogP contribution is 2.56. The molecular weight excluding hydrogens is 548 g/mol. The molecular formula is C29H36N4O9. The normalized spacial score (nSPS) is 31.1. The number of aliphatic hydroxyl groups excluding tert-OH is 3. The Labute approximate surface area is 241 Å². The van der Waals surface area contributed by atoms with Crippen LogP contribution in [0.3, 0.4) is 0 Å². The van der Waals surface area contributed by atoms with Gasteiger partial charge in [0.05, 0.1) is 35.9 Å². The van der Waals surface area contributed by atoms with E-state index in [0.29, 0.717) is 18.7 Å². The maximum absolute atomic E-state index is 14.0. The summed E-state index contributed by atoms with van der Waals surface area (Å²) in [5, 5.41) is 59.9. The number of piperidine rings is 1. The summed E-state index contributed by atoms with van der Waals surface area (Å²) in [4.78, 5) is 55.3. The largest absolute Gasteiger partial charge is 0.510 e. The van der Waals surface area contributed by atoms with Crippen molar-refractivity contribution in [1.29, 1.82) is 0 Å². The second kappa shape index (κ2) is 10.4. The molecule has 1 aliphatic heterocycles. The van der Waals surface area contributed by atoms with Gasteiger partial charge in [0.15, 0.2) is 11.4 Å². The highest BCUT2D eigenvalue weighted by Gasteiger charge is 2.67. The zero-order chi connectivity index (χ0) is 30.8. The van der Waals surface area contributed by atoms with Gasteiger partial charge in [-0.25, -0.2) is 0 Å². The molecule has 8 N–H and O–H groups in total. The van der Waals surface area contributed by atoms with E-state index >= 15 is 0 Å². The van der Waals surface area contributed by atoms with Gasteiger partial charge in [0.1, 0.15) is 22.8 Å². The first kappa shape index (κ1) is 29.5. The molecule has 13 nitrogen and oxygen atoms in total. The average molecular weight is 585 g/mol. The highest BCUT2D eigenvalue weighted by molar-refractivity contribution is 6.25. The summed E-state index contributed by atoms with van der Waals surface area (Å²) in [6.07, 6.45) is 1.22. The van der Waals surface area contributed by atoms with Crippen molar-refractivity contribution in [3.05, 3.63) is 45.9 Å². The summed E-state index contributed by atoms with van der Waals surface area (Å²) in [6, 6.07) is 1.77. The number of primary amides is 1. The van der Waals surface area contributed by atoms with Crippen LogP contribution in [0.4, 0.5) is 5.69 Å². The molecule has 0 saturated carbocycles. The summed E-state index contributed by atoms with van der Waals surface area (Å²) >= 11 is 0. The van der Waals surface area contributed by atoms with Crippen LogP contribution in [0.2, 0.25) is 0 Å². The number of phenols is 1. The van der Waals surface area contributed by atoms with Gasteiger partial charge in [-0.3, -0.25) is 24.1 Å². The van der Waals surface area contributed by atoms with E-state index in [1.54, 1.807) is 17.9 Å². The second-order valence-electron chi connectivity index (χ2n) is 11.8. The molecule has 1 aromatic rings. The number of hydrogen-bond donors (Lipinski definition) is 7. The van der Waals surface area contributed by atoms with Crippen LogP contribution < -0.4 is 11.1 Å². The van der Waals surface area contributed by atoms with Crippen molar-refractivity contribution >= 4 is 29.1 Å². The number of amides is 2. The SMILES string of the molecule is C[C@@H]1c2ccc(NCC(=O)N3CCCCC3)c(O)c2C(=O)C2=C(O)[C@@]3(O)C(=O)C(C(N)=O)=C(O)[C@@H](N(C)C)[C@H]3[C@H](O)[C@H]21. The molecule has 0 bridgehead atoms. The van der Waals surface area contributed by atoms with Crippen LogP contribution in [0.15, 0.2) is 34.8 Å². The van der Waals surface area contributed by atoms with Crippen molar-refractivity contribution < 1.29 is 44.7 Å². The number of nitrogens with zero attached hydrogens (tertiary/aromatic N) is 2. The number of aliphatic hydroxyl groups is 4. The number of phenolic OH excluding ortho intramolecular Hbond substituents is 1. The minimum absolute atomic E-state index is 0.0939. The number of ketones is 2. The zero-order valence-electron chi connectivity index (χ0n) is 23.6. The molecule has 1 heterocycles. The van der Waals surface area contributed by atoms with Crippen molar-refractivity contribution in [2.75, 3.05) is 39.0 Å². The maximum atomic E-state index is 14.0. The van der Waals surface area contributed by atoms with Crippen LogP contribution in [0.25, 0.3) is 0 Å². The quantitative estimate of drug-likeness (QED) is 0.182. The van der Waals surface area contributed by atoms with Crippen LogP contribution >= 0.6 is 0 Å². The molecule has 3 aliphatic carbocycles. The van der Waals surface area contributed by atoms with Gasteiger partial charge in [-0.1, -0.05) is 13.0 Å². The second-order valence-corrected chi connectivity index (χ2v) is 11.8. The lowest BCUT2D eigenvalue weighted by molar-refractivity contribution is -0.162. The van der Waals surface area contributed by atoms with E-state index in [-0.39, 0.29) is 23.7 Å². The van der Waals surface area contributed by atoms with Gasteiger partial charge in [-0.15, -0.1) is 0 Å². The summed E-state index contributed by atoms with van der Waals surface area (Å²) in [5.74, 6) is -9.67. The molecule has 0 unspecified atom stereocenters. The number of Topliss-reactive ketones (excluding diaryl/α,β-unsaturated/α-hetero) is 2. The maximum Gasteiger partial charge on any atom is 0.255 e. The topological polar surface area (TPSA) is 214 Å². The molecule has 5 rings (SSSR count). The molecule has 0 spiro atoms. The summed E-state index contributed by atoms with van der Waals surface area (Å²) in [5.41, 5.74) is 1.15. The predicted molar refractivity (Wildman–Crippen MR) is 149 cm³/mol. The minimum atomic E-state index is -2.98. The molecule has 1 aromatic carbocycles. The fourth-order valence-electron chi connectivity index (χ4n) is 7.19. The van der Waals surface area contributed by atoms with Gasteiger partial charge < -0.3 is 41.5 Å². The molecule has 1 fully saturated rings. The number of carbonyl (C=O) groups excluding carboxylic acids is 4. The number of anilines is 1. The van der Waals surface area contributed by atoms with E-state index < -0.39 is 81.4 Å². The number of nitrogens with two attached hydrogens (primary N) is 1. The Kier molecular flexibility index (Phi) is 7.32. The van der Waals surface area contributed by atoms with E-state index in [0.717, 1.165) is 19.3 Å². The molecule has 1 saturated heterocycles. The number of aromatic hydroxyl groups is 1. The van der Waals surface area contributed by atoms with Gasteiger partial charge in [0.2, 0.25) is 11.7 Å². The Morgan fingerprint density at radius 1 is 1.12 bits per heavy atom. The molecule has 0 aromatic heterocycles. The lowest BCUT2D eigenvalue weighted by atomic mass is 9.55. The monoisotopic (exact) mass is 584 g/mol. The number of likely N-dealkylation sites (tertiary alicyclic amines) is 1. The third kappa shape index (κ3) is 4.09. The van der Waals surface area contributed by atoms with Gasteiger partial charge in [0.25, 0.3) is 5.91 Å². The van der Waals surface area contributed by atoms with Crippen molar-refractivity contribution in [2.45, 2.75) is 49.9 Å². The molecule has 4 aliphatic rings. The van der Waals surface area contributed by atoms with Crippen molar-refractivity contribution in [3.63, 3.8) is 0 Å².